The van der Waals surface area contributed by atoms with Crippen molar-refractivity contribution in [1.82, 2.24) is 29.3 Å². The number of carbonyl (C=O) groups is 1. The summed E-state index contributed by atoms with van der Waals surface area (Å²) < 4.78 is 15.3. The van der Waals surface area contributed by atoms with Gasteiger partial charge in [-0.3, -0.25) is 18.7 Å². The molecule has 33 heavy (non-hydrogen) atoms. The zero-order chi connectivity index (χ0) is 23.5. The molecule has 0 saturated carbocycles. The van der Waals surface area contributed by atoms with Crippen LogP contribution in [0.1, 0.15) is 22.8 Å². The molecule has 2 N–H and O–H groups in total. The van der Waals surface area contributed by atoms with E-state index in [1.54, 1.807) is 6.92 Å². The van der Waals surface area contributed by atoms with Crippen LogP contribution < -0.4 is 17.0 Å². The molecule has 0 aliphatic carbocycles. The molecule has 0 atom stereocenters. The Balaban J connectivity index is 1.69. The van der Waals surface area contributed by atoms with Crippen LogP contribution in [0.5, 0.6) is 0 Å². The standard InChI is InChI=1S/C22H20FN7O3/c1-2-28-21(32)18(19(24)29(22(28)33)12-14-6-4-3-5-7-14)17(31)13-30-26-20(25-27-30)15-8-10-16(23)11-9-15/h3-11H,2,12-13,24H2,1H3. The average molecular weight is 449 g/mol. The van der Waals surface area contributed by atoms with Crippen molar-refractivity contribution >= 4 is 11.6 Å². The Labute approximate surface area is 186 Å². The predicted octanol–water partition coefficient (Wildman–Crippen LogP) is 1.34. The van der Waals surface area contributed by atoms with Crippen molar-refractivity contribution < 1.29 is 9.18 Å². The zero-order valence-corrected chi connectivity index (χ0v) is 17.7. The van der Waals surface area contributed by atoms with Gasteiger partial charge in [0.15, 0.2) is 5.78 Å². The molecule has 168 valence electrons. The Morgan fingerprint density at radius 1 is 1.03 bits per heavy atom. The average Bonchev–Trinajstić information content (AvgIpc) is 3.26. The van der Waals surface area contributed by atoms with E-state index >= 15 is 0 Å². The van der Waals surface area contributed by atoms with Gasteiger partial charge in [-0.25, -0.2) is 9.18 Å². The molecule has 2 heterocycles. The van der Waals surface area contributed by atoms with Crippen molar-refractivity contribution in [2.75, 3.05) is 5.73 Å². The molecule has 0 fully saturated rings. The number of carbonyl (C=O) groups excluding carboxylic acids is 1. The van der Waals surface area contributed by atoms with Gasteiger partial charge in [0, 0.05) is 12.1 Å². The summed E-state index contributed by atoms with van der Waals surface area (Å²) in [4.78, 5) is 39.8. The van der Waals surface area contributed by atoms with Gasteiger partial charge in [-0.1, -0.05) is 30.3 Å². The van der Waals surface area contributed by atoms with Gasteiger partial charge < -0.3 is 5.73 Å². The zero-order valence-electron chi connectivity index (χ0n) is 17.7. The molecule has 2 aromatic heterocycles. The van der Waals surface area contributed by atoms with Gasteiger partial charge in [0.05, 0.1) is 6.54 Å². The van der Waals surface area contributed by atoms with Gasteiger partial charge in [0.1, 0.15) is 23.7 Å². The fourth-order valence-electron chi connectivity index (χ4n) is 3.41. The largest absolute Gasteiger partial charge is 0.384 e. The molecular formula is C22H20FN7O3. The van der Waals surface area contributed by atoms with Crippen molar-refractivity contribution in [3.8, 4) is 11.4 Å². The third-order valence-electron chi connectivity index (χ3n) is 5.09. The van der Waals surface area contributed by atoms with E-state index in [1.165, 1.54) is 28.8 Å². The number of nitrogens with zero attached hydrogens (tertiary/aromatic N) is 6. The fourth-order valence-corrected chi connectivity index (χ4v) is 3.41. The number of ketones is 1. The van der Waals surface area contributed by atoms with Crippen LogP contribution in [0.3, 0.4) is 0 Å². The molecule has 0 aliphatic rings. The van der Waals surface area contributed by atoms with E-state index in [2.05, 4.69) is 15.4 Å². The van der Waals surface area contributed by atoms with Crippen LogP contribution in [0.25, 0.3) is 11.4 Å². The molecule has 0 spiro atoms. The summed E-state index contributed by atoms with van der Waals surface area (Å²) in [6.07, 6.45) is 0. The number of tetrazole rings is 1. The molecule has 11 heteroatoms. The molecule has 0 amide bonds. The quantitative estimate of drug-likeness (QED) is 0.421. The lowest BCUT2D eigenvalue weighted by Gasteiger charge is -2.15. The van der Waals surface area contributed by atoms with E-state index in [4.69, 9.17) is 5.73 Å². The molecule has 0 unspecified atom stereocenters. The van der Waals surface area contributed by atoms with Crippen molar-refractivity contribution in [3.63, 3.8) is 0 Å². The van der Waals surface area contributed by atoms with E-state index < -0.39 is 29.4 Å². The summed E-state index contributed by atoms with van der Waals surface area (Å²) in [6, 6.07) is 14.6. The highest BCUT2D eigenvalue weighted by Crippen LogP contribution is 2.14. The fraction of sp³-hybridized carbons (Fsp3) is 0.182. The number of anilines is 1. The second-order valence-corrected chi connectivity index (χ2v) is 7.24. The Kier molecular flexibility index (Phi) is 5.94. The first-order valence-electron chi connectivity index (χ1n) is 10.1. The van der Waals surface area contributed by atoms with Gasteiger partial charge in [-0.2, -0.15) is 4.80 Å². The van der Waals surface area contributed by atoms with Gasteiger partial charge in [-0.15, -0.1) is 10.2 Å². The number of nitrogen functional groups attached to an aromatic ring is 1. The summed E-state index contributed by atoms with van der Waals surface area (Å²) in [5.41, 5.74) is 5.77. The topological polar surface area (TPSA) is 131 Å². The van der Waals surface area contributed by atoms with E-state index in [1.807, 2.05) is 30.3 Å². The molecule has 4 aromatic rings. The van der Waals surface area contributed by atoms with E-state index in [-0.39, 0.29) is 30.3 Å². The van der Waals surface area contributed by atoms with Crippen LogP contribution in [0.4, 0.5) is 10.2 Å². The maximum Gasteiger partial charge on any atom is 0.332 e. The van der Waals surface area contributed by atoms with Crippen molar-refractivity contribution in [1.29, 1.82) is 0 Å². The molecule has 0 saturated heterocycles. The maximum absolute atomic E-state index is 13.1. The smallest absolute Gasteiger partial charge is 0.332 e. The van der Waals surface area contributed by atoms with Gasteiger partial charge >= 0.3 is 5.69 Å². The van der Waals surface area contributed by atoms with Crippen LogP contribution in [0.15, 0.2) is 64.2 Å². The number of halogens is 1. The molecule has 2 aromatic carbocycles. The lowest BCUT2D eigenvalue weighted by molar-refractivity contribution is 0.0959. The normalized spacial score (nSPS) is 11.0. The monoisotopic (exact) mass is 449 g/mol. The number of hydrogen-bond donors (Lipinski definition) is 1. The highest BCUT2D eigenvalue weighted by atomic mass is 19.1. The minimum atomic E-state index is -0.770. The van der Waals surface area contributed by atoms with Crippen LogP contribution in [-0.4, -0.2) is 35.1 Å². The summed E-state index contributed by atoms with van der Waals surface area (Å²) in [6.45, 7) is 1.39. The third-order valence-corrected chi connectivity index (χ3v) is 5.09. The van der Waals surface area contributed by atoms with E-state index in [0.717, 1.165) is 14.9 Å². The SMILES string of the molecule is CCn1c(=O)c(C(=O)Cn2nnc(-c3ccc(F)cc3)n2)c(N)n(Cc2ccccc2)c1=O. The van der Waals surface area contributed by atoms with Crippen LogP contribution >= 0.6 is 0 Å². The number of nitrogens with two attached hydrogens (primary N) is 1. The molecule has 0 radical (unpaired) electrons. The van der Waals surface area contributed by atoms with Crippen molar-refractivity contribution in [2.45, 2.75) is 26.6 Å². The Bertz CT molecular complexity index is 1420. The Morgan fingerprint density at radius 3 is 2.39 bits per heavy atom. The summed E-state index contributed by atoms with van der Waals surface area (Å²) in [5, 5.41) is 11.8. The minimum absolute atomic E-state index is 0.0727. The van der Waals surface area contributed by atoms with Crippen LogP contribution in [-0.2, 0) is 19.6 Å². The third kappa shape index (κ3) is 4.33. The maximum atomic E-state index is 13.1. The van der Waals surface area contributed by atoms with Crippen LogP contribution in [0.2, 0.25) is 0 Å². The summed E-state index contributed by atoms with van der Waals surface area (Å²) in [5.74, 6) is -1.10. The molecule has 0 bridgehead atoms. The van der Waals surface area contributed by atoms with E-state index in [9.17, 15) is 18.8 Å². The lowest BCUT2D eigenvalue weighted by Crippen LogP contribution is -2.44. The second-order valence-electron chi connectivity index (χ2n) is 7.24. The number of benzene rings is 2. The molecule has 10 nitrogen and oxygen atoms in total. The second kappa shape index (κ2) is 8.99. The number of aromatic nitrogens is 6. The summed E-state index contributed by atoms with van der Waals surface area (Å²) in [7, 11) is 0. The Hall–Kier alpha value is -4.41. The van der Waals surface area contributed by atoms with Crippen molar-refractivity contribution in [3.05, 3.63) is 92.4 Å². The van der Waals surface area contributed by atoms with Gasteiger partial charge in [0.25, 0.3) is 5.56 Å². The molecule has 0 aliphatic heterocycles. The molecule has 4 rings (SSSR count). The molecular weight excluding hydrogens is 429 g/mol. The van der Waals surface area contributed by atoms with Gasteiger partial charge in [0.2, 0.25) is 5.82 Å². The number of rotatable bonds is 7. The highest BCUT2D eigenvalue weighted by molar-refractivity contribution is 5.99. The minimum Gasteiger partial charge on any atom is -0.384 e. The first kappa shape index (κ1) is 21.8. The Morgan fingerprint density at radius 2 is 1.73 bits per heavy atom. The van der Waals surface area contributed by atoms with Gasteiger partial charge in [-0.05, 0) is 42.0 Å². The van der Waals surface area contributed by atoms with Crippen LogP contribution in [0, 0.1) is 5.82 Å². The number of Topliss-reactive ketones (excluding diaryl/α,β-unsaturated/α-hetero) is 1. The summed E-state index contributed by atoms with van der Waals surface area (Å²) >= 11 is 0. The predicted molar refractivity (Wildman–Crippen MR) is 118 cm³/mol. The first-order valence-corrected chi connectivity index (χ1v) is 10.1. The number of hydrogen-bond acceptors (Lipinski definition) is 7. The highest BCUT2D eigenvalue weighted by Gasteiger charge is 2.23. The first-order chi connectivity index (χ1) is 15.9. The lowest BCUT2D eigenvalue weighted by atomic mass is 10.1. The van der Waals surface area contributed by atoms with E-state index in [0.29, 0.717) is 5.56 Å². The van der Waals surface area contributed by atoms with Crippen molar-refractivity contribution in [2.24, 2.45) is 0 Å².